The van der Waals surface area contributed by atoms with E-state index in [9.17, 15) is 4.79 Å². The monoisotopic (exact) mass is 394 g/mol. The quantitative estimate of drug-likeness (QED) is 0.569. The fraction of sp³-hybridized carbons (Fsp3) is 0.905. The number of guanidine groups is 1. The van der Waals surface area contributed by atoms with Crippen LogP contribution in [0.25, 0.3) is 0 Å². The number of nitrogens with zero attached hydrogens (tertiary/aromatic N) is 2. The van der Waals surface area contributed by atoms with Crippen molar-refractivity contribution < 1.29 is 14.3 Å². The predicted octanol–water partition coefficient (Wildman–Crippen LogP) is 2.75. The molecular formula is C21H38N4O3. The highest BCUT2D eigenvalue weighted by Crippen LogP contribution is 2.52. The van der Waals surface area contributed by atoms with Crippen LogP contribution in [0.3, 0.4) is 0 Å². The van der Waals surface area contributed by atoms with E-state index in [0.717, 1.165) is 44.9 Å². The molecule has 0 aromatic carbocycles. The summed E-state index contributed by atoms with van der Waals surface area (Å²) in [5, 5.41) is 7.24. The lowest BCUT2D eigenvalue weighted by atomic mass is 9.57. The number of likely N-dealkylation sites (tertiary alicyclic amines) is 1. The van der Waals surface area contributed by atoms with Gasteiger partial charge in [0.05, 0.1) is 6.10 Å². The molecule has 2 heterocycles. The minimum atomic E-state index is -0.469. The highest BCUT2D eigenvalue weighted by molar-refractivity contribution is 5.81. The van der Waals surface area contributed by atoms with Gasteiger partial charge < -0.3 is 25.0 Å². The Kier molecular flexibility index (Phi) is 6.13. The van der Waals surface area contributed by atoms with Gasteiger partial charge in [-0.25, -0.2) is 4.79 Å². The smallest absolute Gasteiger partial charge is 0.410 e. The van der Waals surface area contributed by atoms with Gasteiger partial charge >= 0.3 is 6.09 Å². The molecule has 3 rings (SSSR count). The highest BCUT2D eigenvalue weighted by atomic mass is 16.6. The summed E-state index contributed by atoms with van der Waals surface area (Å²) in [6, 6.07) is 0.543. The van der Waals surface area contributed by atoms with Gasteiger partial charge in [-0.15, -0.1) is 0 Å². The van der Waals surface area contributed by atoms with Gasteiger partial charge in [0.25, 0.3) is 0 Å². The number of rotatable bonds is 3. The van der Waals surface area contributed by atoms with E-state index in [1.54, 1.807) is 0 Å². The van der Waals surface area contributed by atoms with Gasteiger partial charge in [-0.05, 0) is 47.0 Å². The number of fused-ring (bicyclic) bond motifs is 1. The molecule has 4 atom stereocenters. The third-order valence-electron chi connectivity index (χ3n) is 6.12. The summed E-state index contributed by atoms with van der Waals surface area (Å²) in [6.07, 6.45) is 3.22. The zero-order valence-electron chi connectivity index (χ0n) is 18.4. The van der Waals surface area contributed by atoms with Gasteiger partial charge in [-0.1, -0.05) is 13.8 Å². The molecule has 0 radical (unpaired) electrons. The van der Waals surface area contributed by atoms with Crippen LogP contribution in [-0.4, -0.2) is 67.0 Å². The van der Waals surface area contributed by atoms with Crippen molar-refractivity contribution in [3.63, 3.8) is 0 Å². The van der Waals surface area contributed by atoms with E-state index in [-0.39, 0.29) is 17.6 Å². The molecule has 0 bridgehead atoms. The second-order valence-electron chi connectivity index (χ2n) is 9.92. The Bertz CT molecular complexity index is 599. The molecule has 2 aliphatic heterocycles. The molecule has 4 unspecified atom stereocenters. The molecule has 7 heteroatoms. The van der Waals surface area contributed by atoms with Crippen LogP contribution < -0.4 is 10.6 Å². The predicted molar refractivity (Wildman–Crippen MR) is 110 cm³/mol. The standard InChI is InChI=1S/C21H38N4O3/c1-7-22-18(24-16-15-10-12-27-17(15)21(16,5)6)23-14-9-8-11-25(13-14)19(26)28-20(2,3)4/h14-17H,7-13H2,1-6H3,(H2,22,23,24). The lowest BCUT2D eigenvalue weighted by Crippen LogP contribution is -2.68. The van der Waals surface area contributed by atoms with Crippen LogP contribution in [0.5, 0.6) is 0 Å². The van der Waals surface area contributed by atoms with Gasteiger partial charge in [0.15, 0.2) is 5.96 Å². The Hall–Kier alpha value is -1.50. The van der Waals surface area contributed by atoms with E-state index < -0.39 is 5.60 Å². The number of nitrogens with one attached hydrogen (secondary N) is 2. The first-order valence-corrected chi connectivity index (χ1v) is 10.8. The van der Waals surface area contributed by atoms with E-state index in [0.29, 0.717) is 24.6 Å². The molecule has 0 aromatic heterocycles. The molecule has 2 saturated heterocycles. The van der Waals surface area contributed by atoms with Crippen molar-refractivity contribution >= 4 is 12.1 Å². The first-order chi connectivity index (χ1) is 13.1. The summed E-state index contributed by atoms with van der Waals surface area (Å²) in [6.45, 7) is 15.3. The maximum atomic E-state index is 12.4. The van der Waals surface area contributed by atoms with Gasteiger partial charge in [0.1, 0.15) is 5.60 Å². The largest absolute Gasteiger partial charge is 0.444 e. The van der Waals surface area contributed by atoms with Gasteiger partial charge in [-0.3, -0.25) is 4.99 Å². The lowest BCUT2D eigenvalue weighted by molar-refractivity contribution is -0.106. The van der Waals surface area contributed by atoms with Gasteiger partial charge in [0.2, 0.25) is 0 Å². The van der Waals surface area contributed by atoms with E-state index in [2.05, 4.69) is 29.5 Å². The Labute approximate surface area is 169 Å². The summed E-state index contributed by atoms with van der Waals surface area (Å²) in [4.78, 5) is 18.9. The molecule has 2 N–H and O–H groups in total. The number of carbonyl (C=O) groups excluding carboxylic acids is 1. The van der Waals surface area contributed by atoms with Crippen molar-refractivity contribution in [1.82, 2.24) is 15.5 Å². The third-order valence-corrected chi connectivity index (χ3v) is 6.12. The molecule has 1 saturated carbocycles. The molecule has 3 aliphatic rings. The molecule has 28 heavy (non-hydrogen) atoms. The van der Waals surface area contributed by atoms with E-state index >= 15 is 0 Å². The van der Waals surface area contributed by atoms with Crippen molar-refractivity contribution in [3.8, 4) is 0 Å². The minimum Gasteiger partial charge on any atom is -0.444 e. The first kappa shape index (κ1) is 21.2. The van der Waals surface area contributed by atoms with Crippen LogP contribution in [0, 0.1) is 11.3 Å². The van der Waals surface area contributed by atoms with Crippen molar-refractivity contribution in [1.29, 1.82) is 0 Å². The summed E-state index contributed by atoms with van der Waals surface area (Å²) < 4.78 is 11.5. The zero-order valence-corrected chi connectivity index (χ0v) is 18.4. The van der Waals surface area contributed by atoms with Crippen molar-refractivity contribution in [2.45, 2.75) is 84.6 Å². The third kappa shape index (κ3) is 4.56. The Morgan fingerprint density at radius 2 is 2.04 bits per heavy atom. The number of carbonyl (C=O) groups is 1. The maximum Gasteiger partial charge on any atom is 0.410 e. The van der Waals surface area contributed by atoms with Crippen molar-refractivity contribution in [2.75, 3.05) is 26.2 Å². The van der Waals surface area contributed by atoms with Crippen LogP contribution in [0.4, 0.5) is 4.79 Å². The molecule has 0 aromatic rings. The summed E-state index contributed by atoms with van der Waals surface area (Å²) in [7, 11) is 0. The molecule has 1 amide bonds. The van der Waals surface area contributed by atoms with Crippen LogP contribution in [-0.2, 0) is 9.47 Å². The SMILES string of the molecule is CCN=C(NC1CCCN(C(=O)OC(C)(C)C)C1)NC1C2CCOC2C1(C)C. The Balaban J connectivity index is 1.58. The summed E-state index contributed by atoms with van der Waals surface area (Å²) >= 11 is 0. The first-order valence-electron chi connectivity index (χ1n) is 10.8. The Morgan fingerprint density at radius 1 is 1.29 bits per heavy atom. The minimum absolute atomic E-state index is 0.104. The molecule has 160 valence electrons. The number of aliphatic imine (C=N–C) groups is 1. The normalized spacial score (nSPS) is 32.4. The van der Waals surface area contributed by atoms with E-state index in [4.69, 9.17) is 9.47 Å². The number of hydrogen-bond acceptors (Lipinski definition) is 4. The average molecular weight is 395 g/mol. The number of hydrogen-bond donors (Lipinski definition) is 2. The second-order valence-corrected chi connectivity index (χ2v) is 9.92. The van der Waals surface area contributed by atoms with Crippen molar-refractivity contribution in [2.24, 2.45) is 16.3 Å². The molecule has 1 aliphatic carbocycles. The number of amides is 1. The molecule has 3 fully saturated rings. The van der Waals surface area contributed by atoms with Crippen molar-refractivity contribution in [3.05, 3.63) is 0 Å². The zero-order chi connectivity index (χ0) is 20.5. The van der Waals surface area contributed by atoms with Crippen LogP contribution in [0.15, 0.2) is 4.99 Å². The highest BCUT2D eigenvalue weighted by Gasteiger charge is 2.59. The van der Waals surface area contributed by atoms with Gasteiger partial charge in [-0.2, -0.15) is 0 Å². The fourth-order valence-electron chi connectivity index (χ4n) is 4.84. The summed E-state index contributed by atoms with van der Waals surface area (Å²) in [5.41, 5.74) is -0.365. The van der Waals surface area contributed by atoms with Crippen LogP contribution >= 0.6 is 0 Å². The average Bonchev–Trinajstić information content (AvgIpc) is 3.05. The fourth-order valence-corrected chi connectivity index (χ4v) is 4.84. The van der Waals surface area contributed by atoms with E-state index in [1.165, 1.54) is 0 Å². The summed E-state index contributed by atoms with van der Waals surface area (Å²) in [5.74, 6) is 1.41. The van der Waals surface area contributed by atoms with E-state index in [1.807, 2.05) is 32.6 Å². The van der Waals surface area contributed by atoms with Gasteiger partial charge in [0, 0.05) is 49.7 Å². The maximum absolute atomic E-state index is 12.4. The lowest BCUT2D eigenvalue weighted by Gasteiger charge is -2.55. The molecule has 0 spiro atoms. The van der Waals surface area contributed by atoms with Crippen LogP contribution in [0.1, 0.15) is 60.8 Å². The Morgan fingerprint density at radius 3 is 2.71 bits per heavy atom. The topological polar surface area (TPSA) is 75.2 Å². The molecular weight excluding hydrogens is 356 g/mol. The second kappa shape index (κ2) is 8.09. The molecule has 7 nitrogen and oxygen atoms in total. The van der Waals surface area contributed by atoms with Crippen LogP contribution in [0.2, 0.25) is 0 Å². The number of piperidine rings is 1. The number of ether oxygens (including phenoxy) is 2.